The summed E-state index contributed by atoms with van der Waals surface area (Å²) in [6, 6.07) is 11.2. The van der Waals surface area contributed by atoms with Crippen LogP contribution in [0.2, 0.25) is 0 Å². The third-order valence-electron chi connectivity index (χ3n) is 5.33. The summed E-state index contributed by atoms with van der Waals surface area (Å²) in [5.41, 5.74) is 3.03. The van der Waals surface area contributed by atoms with Gasteiger partial charge in [-0.1, -0.05) is 23.9 Å². The first-order valence-corrected chi connectivity index (χ1v) is 10.6. The molecule has 1 aliphatic heterocycles. The van der Waals surface area contributed by atoms with Crippen molar-refractivity contribution in [3.05, 3.63) is 66.5 Å². The summed E-state index contributed by atoms with van der Waals surface area (Å²) < 4.78 is 18.0. The molecular weight excluding hydrogens is 399 g/mol. The predicted octanol–water partition coefficient (Wildman–Crippen LogP) is 4.28. The summed E-state index contributed by atoms with van der Waals surface area (Å²) in [5.74, 6) is -0.290. The molecule has 0 bridgehead atoms. The van der Waals surface area contributed by atoms with Gasteiger partial charge in [0, 0.05) is 39.9 Å². The minimum Gasteiger partial charge on any atom is -0.315 e. The molecule has 1 aliphatic rings. The maximum Gasteiger partial charge on any atom is 0.137 e. The Morgan fingerprint density at radius 3 is 2.83 bits per heavy atom. The fourth-order valence-corrected chi connectivity index (χ4v) is 4.83. The summed E-state index contributed by atoms with van der Waals surface area (Å²) in [7, 11) is 0. The van der Waals surface area contributed by atoms with Gasteiger partial charge in [0.2, 0.25) is 0 Å². The van der Waals surface area contributed by atoms with Crippen molar-refractivity contribution >= 4 is 17.3 Å². The lowest BCUT2D eigenvalue weighted by Crippen LogP contribution is -2.31. The quantitative estimate of drug-likeness (QED) is 0.536. The van der Waals surface area contributed by atoms with E-state index < -0.39 is 0 Å². The van der Waals surface area contributed by atoms with Gasteiger partial charge in [-0.15, -0.1) is 0 Å². The first-order valence-electron chi connectivity index (χ1n) is 9.82. The molecule has 1 aromatic carbocycles. The SMILES string of the molecule is N#Cc1cnn2cc(-c3cnn([C@H]4CCCNC4)c3)cc(Sc3ccccc3F)c12. The number of hydrogen-bond donors (Lipinski definition) is 1. The van der Waals surface area contributed by atoms with Gasteiger partial charge in [0.05, 0.1) is 29.5 Å². The van der Waals surface area contributed by atoms with Crippen LogP contribution in [0.25, 0.3) is 16.6 Å². The number of nitrogens with zero attached hydrogens (tertiary/aromatic N) is 5. The molecule has 0 amide bonds. The third kappa shape index (κ3) is 3.47. The lowest BCUT2D eigenvalue weighted by atomic mass is 10.1. The van der Waals surface area contributed by atoms with Crippen molar-refractivity contribution in [2.45, 2.75) is 28.7 Å². The van der Waals surface area contributed by atoms with Crippen molar-refractivity contribution in [1.29, 1.82) is 5.26 Å². The Labute approximate surface area is 177 Å². The fourth-order valence-electron chi connectivity index (χ4n) is 3.79. The molecule has 6 nitrogen and oxygen atoms in total. The number of nitrogens with one attached hydrogen (secondary N) is 1. The maximum absolute atomic E-state index is 14.3. The van der Waals surface area contributed by atoms with Crippen LogP contribution in [-0.4, -0.2) is 32.5 Å². The topological polar surface area (TPSA) is 70.9 Å². The lowest BCUT2D eigenvalue weighted by Gasteiger charge is -2.22. The smallest absolute Gasteiger partial charge is 0.137 e. The highest BCUT2D eigenvalue weighted by atomic mass is 32.2. The molecular formula is C22H19FN6S. The van der Waals surface area contributed by atoms with Crippen molar-refractivity contribution in [3.63, 3.8) is 0 Å². The molecule has 3 aromatic heterocycles. The molecule has 0 radical (unpaired) electrons. The maximum atomic E-state index is 14.3. The van der Waals surface area contributed by atoms with Crippen LogP contribution in [0, 0.1) is 17.1 Å². The summed E-state index contributed by atoms with van der Waals surface area (Å²) >= 11 is 1.30. The monoisotopic (exact) mass is 418 g/mol. The first kappa shape index (κ1) is 18.9. The first-order chi connectivity index (χ1) is 14.7. The number of aromatic nitrogens is 4. The van der Waals surface area contributed by atoms with E-state index >= 15 is 0 Å². The Kier molecular flexibility index (Phi) is 4.99. The van der Waals surface area contributed by atoms with E-state index in [-0.39, 0.29) is 5.82 Å². The number of halogens is 1. The Bertz CT molecular complexity index is 1250. The zero-order chi connectivity index (χ0) is 20.5. The zero-order valence-electron chi connectivity index (χ0n) is 16.1. The minimum absolute atomic E-state index is 0.290. The second-order valence-electron chi connectivity index (χ2n) is 7.30. The van der Waals surface area contributed by atoms with Gasteiger partial charge in [0.25, 0.3) is 0 Å². The number of rotatable bonds is 4. The van der Waals surface area contributed by atoms with E-state index in [0.717, 1.165) is 42.0 Å². The van der Waals surface area contributed by atoms with Gasteiger partial charge in [0.15, 0.2) is 0 Å². The Morgan fingerprint density at radius 2 is 2.03 bits per heavy atom. The van der Waals surface area contributed by atoms with E-state index in [1.165, 1.54) is 17.8 Å². The highest BCUT2D eigenvalue weighted by Gasteiger charge is 2.18. The molecule has 4 aromatic rings. The van der Waals surface area contributed by atoms with E-state index in [1.54, 1.807) is 28.9 Å². The van der Waals surface area contributed by atoms with Gasteiger partial charge >= 0.3 is 0 Å². The number of pyridine rings is 1. The van der Waals surface area contributed by atoms with Crippen molar-refractivity contribution < 1.29 is 4.39 Å². The molecule has 1 N–H and O–H groups in total. The molecule has 150 valence electrons. The number of piperidine rings is 1. The average molecular weight is 419 g/mol. The number of benzene rings is 1. The van der Waals surface area contributed by atoms with Crippen LogP contribution in [-0.2, 0) is 0 Å². The molecule has 30 heavy (non-hydrogen) atoms. The van der Waals surface area contributed by atoms with E-state index in [2.05, 4.69) is 21.6 Å². The van der Waals surface area contributed by atoms with Gasteiger partial charge in [0.1, 0.15) is 11.9 Å². The average Bonchev–Trinajstić information content (AvgIpc) is 3.43. The Hall–Kier alpha value is -3.15. The highest BCUT2D eigenvalue weighted by molar-refractivity contribution is 7.99. The lowest BCUT2D eigenvalue weighted by molar-refractivity contribution is 0.347. The molecule has 0 saturated carbocycles. The molecule has 0 spiro atoms. The number of nitriles is 1. The second-order valence-corrected chi connectivity index (χ2v) is 8.38. The summed E-state index contributed by atoms with van der Waals surface area (Å²) in [5, 5.41) is 21.8. The van der Waals surface area contributed by atoms with Crippen molar-refractivity contribution in [1.82, 2.24) is 24.7 Å². The fraction of sp³-hybridized carbons (Fsp3) is 0.227. The van der Waals surface area contributed by atoms with Crippen molar-refractivity contribution in [2.75, 3.05) is 13.1 Å². The molecule has 1 atom stereocenters. The van der Waals surface area contributed by atoms with Crippen LogP contribution < -0.4 is 5.32 Å². The zero-order valence-corrected chi connectivity index (χ0v) is 16.9. The minimum atomic E-state index is -0.290. The molecule has 1 fully saturated rings. The summed E-state index contributed by atoms with van der Waals surface area (Å²) in [6.07, 6.45) is 9.57. The molecule has 5 rings (SSSR count). The van der Waals surface area contributed by atoms with E-state index in [0.29, 0.717) is 22.0 Å². The molecule has 8 heteroatoms. The van der Waals surface area contributed by atoms with Gasteiger partial charge in [-0.2, -0.15) is 15.5 Å². The Morgan fingerprint density at radius 1 is 1.13 bits per heavy atom. The molecule has 0 unspecified atom stereocenters. The summed E-state index contributed by atoms with van der Waals surface area (Å²) in [6.45, 7) is 1.97. The van der Waals surface area contributed by atoms with E-state index in [4.69, 9.17) is 0 Å². The second kappa shape index (κ2) is 7.94. The van der Waals surface area contributed by atoms with Crippen LogP contribution in [0.5, 0.6) is 0 Å². The van der Waals surface area contributed by atoms with E-state index in [9.17, 15) is 9.65 Å². The third-order valence-corrected chi connectivity index (χ3v) is 6.42. The standard InChI is InChI=1S/C22H19FN6S/c23-19-5-1-2-6-20(19)30-21-8-15(13-29-22(21)16(9-24)10-27-29)17-11-26-28(14-17)18-4-3-7-25-12-18/h1-2,5-6,8,10-11,13-14,18,25H,3-4,7,12H2/t18-/m0/s1. The van der Waals surface area contributed by atoms with Gasteiger partial charge < -0.3 is 5.32 Å². The normalized spacial score (nSPS) is 16.6. The van der Waals surface area contributed by atoms with Gasteiger partial charge in [-0.25, -0.2) is 8.91 Å². The van der Waals surface area contributed by atoms with Crippen LogP contribution in [0.15, 0.2) is 64.9 Å². The van der Waals surface area contributed by atoms with E-state index in [1.807, 2.05) is 29.3 Å². The molecule has 4 heterocycles. The van der Waals surface area contributed by atoms with Crippen molar-refractivity contribution in [2.24, 2.45) is 0 Å². The summed E-state index contributed by atoms with van der Waals surface area (Å²) in [4.78, 5) is 1.28. The van der Waals surface area contributed by atoms with Crippen LogP contribution in [0.4, 0.5) is 4.39 Å². The molecule has 0 aliphatic carbocycles. The van der Waals surface area contributed by atoms with Crippen LogP contribution >= 0.6 is 11.8 Å². The molecule has 1 saturated heterocycles. The van der Waals surface area contributed by atoms with Crippen LogP contribution in [0.3, 0.4) is 0 Å². The van der Waals surface area contributed by atoms with Crippen molar-refractivity contribution in [3.8, 4) is 17.2 Å². The predicted molar refractivity (Wildman–Crippen MR) is 113 cm³/mol. The Balaban J connectivity index is 1.58. The van der Waals surface area contributed by atoms with Crippen LogP contribution in [0.1, 0.15) is 24.4 Å². The number of fused-ring (bicyclic) bond motifs is 1. The van der Waals surface area contributed by atoms with Gasteiger partial charge in [-0.05, 0) is 37.6 Å². The van der Waals surface area contributed by atoms with Gasteiger partial charge in [-0.3, -0.25) is 4.68 Å². The largest absolute Gasteiger partial charge is 0.315 e. The number of hydrogen-bond acceptors (Lipinski definition) is 5. The highest BCUT2D eigenvalue weighted by Crippen LogP contribution is 2.36.